The molecule has 0 amide bonds. The summed E-state index contributed by atoms with van der Waals surface area (Å²) in [6.07, 6.45) is 6.98. The lowest BCUT2D eigenvalue weighted by atomic mass is 10.4. The Bertz CT molecular complexity index is 410. The maximum absolute atomic E-state index is 11.4. The monoisotopic (exact) mass is 251 g/mol. The summed E-state index contributed by atoms with van der Waals surface area (Å²) in [6.45, 7) is 7.23. The minimum Gasteiger partial charge on any atom is -0.462 e. The third kappa shape index (κ3) is 5.03. The number of esters is 1. The van der Waals surface area contributed by atoms with Crippen LogP contribution in [0.25, 0.3) is 0 Å². The summed E-state index contributed by atoms with van der Waals surface area (Å²) in [6, 6.07) is 0. The van der Waals surface area contributed by atoms with E-state index in [4.69, 9.17) is 4.74 Å². The van der Waals surface area contributed by atoms with Gasteiger partial charge in [-0.2, -0.15) is 5.10 Å². The molecule has 0 aromatic carbocycles. The SMILES string of the molecule is CCCOC(=O)C=C(C)Nc1cnn(CCC)c1. The maximum atomic E-state index is 11.4. The molecule has 0 atom stereocenters. The Kier molecular flexibility index (Phi) is 5.97. The van der Waals surface area contributed by atoms with Gasteiger partial charge in [0.1, 0.15) is 0 Å². The third-order valence-corrected chi connectivity index (χ3v) is 2.21. The highest BCUT2D eigenvalue weighted by molar-refractivity contribution is 5.83. The quantitative estimate of drug-likeness (QED) is 0.597. The van der Waals surface area contributed by atoms with Crippen molar-refractivity contribution in [1.82, 2.24) is 9.78 Å². The Hall–Kier alpha value is -1.78. The molecule has 0 aliphatic heterocycles. The first-order valence-corrected chi connectivity index (χ1v) is 6.30. The van der Waals surface area contributed by atoms with Gasteiger partial charge >= 0.3 is 5.97 Å². The van der Waals surface area contributed by atoms with Crippen LogP contribution in [-0.4, -0.2) is 22.4 Å². The number of anilines is 1. The molecule has 0 unspecified atom stereocenters. The summed E-state index contributed by atoms with van der Waals surface area (Å²) in [5, 5.41) is 7.30. The average molecular weight is 251 g/mol. The normalized spacial score (nSPS) is 11.4. The highest BCUT2D eigenvalue weighted by Gasteiger charge is 2.01. The van der Waals surface area contributed by atoms with Crippen LogP contribution in [0.15, 0.2) is 24.2 Å². The zero-order valence-corrected chi connectivity index (χ0v) is 11.3. The van der Waals surface area contributed by atoms with Crippen molar-refractivity contribution in [3.05, 3.63) is 24.2 Å². The van der Waals surface area contributed by atoms with E-state index in [1.54, 1.807) is 6.20 Å². The topological polar surface area (TPSA) is 56.1 Å². The fraction of sp³-hybridized carbons (Fsp3) is 0.538. The molecule has 0 aliphatic rings. The number of aryl methyl sites for hydroxylation is 1. The number of hydrogen-bond acceptors (Lipinski definition) is 4. The van der Waals surface area contributed by atoms with Gasteiger partial charge in [0.15, 0.2) is 0 Å². The second kappa shape index (κ2) is 7.53. The number of carbonyl (C=O) groups excluding carboxylic acids is 1. The van der Waals surface area contributed by atoms with Crippen LogP contribution in [0.5, 0.6) is 0 Å². The van der Waals surface area contributed by atoms with Gasteiger partial charge in [0.25, 0.3) is 0 Å². The van der Waals surface area contributed by atoms with Crippen molar-refractivity contribution in [2.24, 2.45) is 0 Å². The van der Waals surface area contributed by atoms with E-state index in [0.29, 0.717) is 6.61 Å². The largest absolute Gasteiger partial charge is 0.462 e. The number of aromatic nitrogens is 2. The standard InChI is InChI=1S/C13H21N3O2/c1-4-6-16-10-12(9-14-16)15-11(3)8-13(17)18-7-5-2/h8-10,15H,4-7H2,1-3H3. The van der Waals surface area contributed by atoms with Crippen LogP contribution in [0.1, 0.15) is 33.6 Å². The fourth-order valence-electron chi connectivity index (χ4n) is 1.46. The number of allylic oxidation sites excluding steroid dienone is 1. The highest BCUT2D eigenvalue weighted by Crippen LogP contribution is 2.08. The molecule has 0 saturated carbocycles. The Labute approximate surface area is 108 Å². The van der Waals surface area contributed by atoms with E-state index >= 15 is 0 Å². The Balaban J connectivity index is 2.49. The van der Waals surface area contributed by atoms with Crippen LogP contribution < -0.4 is 5.32 Å². The van der Waals surface area contributed by atoms with Crippen molar-refractivity contribution >= 4 is 11.7 Å². The summed E-state index contributed by atoms with van der Waals surface area (Å²) in [7, 11) is 0. The number of rotatable bonds is 7. The van der Waals surface area contributed by atoms with Crippen molar-refractivity contribution in [2.45, 2.75) is 40.2 Å². The van der Waals surface area contributed by atoms with Gasteiger partial charge < -0.3 is 10.1 Å². The lowest BCUT2D eigenvalue weighted by Gasteiger charge is -2.03. The number of nitrogens with zero attached hydrogens (tertiary/aromatic N) is 2. The van der Waals surface area contributed by atoms with Crippen molar-refractivity contribution in [3.63, 3.8) is 0 Å². The van der Waals surface area contributed by atoms with Crippen LogP contribution in [0.4, 0.5) is 5.69 Å². The van der Waals surface area contributed by atoms with E-state index in [2.05, 4.69) is 17.3 Å². The first-order chi connectivity index (χ1) is 8.65. The van der Waals surface area contributed by atoms with Crippen molar-refractivity contribution in [2.75, 3.05) is 11.9 Å². The van der Waals surface area contributed by atoms with Crippen LogP contribution in [-0.2, 0) is 16.1 Å². The molecule has 0 fully saturated rings. The van der Waals surface area contributed by atoms with Gasteiger partial charge in [-0.1, -0.05) is 13.8 Å². The van der Waals surface area contributed by atoms with Crippen molar-refractivity contribution in [1.29, 1.82) is 0 Å². The Morgan fingerprint density at radius 3 is 2.94 bits per heavy atom. The molecule has 18 heavy (non-hydrogen) atoms. The molecular weight excluding hydrogens is 230 g/mol. The molecular formula is C13H21N3O2. The van der Waals surface area contributed by atoms with E-state index in [1.807, 2.05) is 24.7 Å². The number of hydrogen-bond donors (Lipinski definition) is 1. The first-order valence-electron chi connectivity index (χ1n) is 6.30. The maximum Gasteiger partial charge on any atom is 0.332 e. The zero-order chi connectivity index (χ0) is 13.4. The molecule has 0 radical (unpaired) electrons. The third-order valence-electron chi connectivity index (χ3n) is 2.21. The molecule has 1 rings (SSSR count). The molecule has 5 nitrogen and oxygen atoms in total. The number of nitrogens with one attached hydrogen (secondary N) is 1. The van der Waals surface area contributed by atoms with Gasteiger partial charge in [-0.15, -0.1) is 0 Å². The fourth-order valence-corrected chi connectivity index (χ4v) is 1.46. The lowest BCUT2D eigenvalue weighted by Crippen LogP contribution is -2.05. The number of carbonyl (C=O) groups is 1. The summed E-state index contributed by atoms with van der Waals surface area (Å²) >= 11 is 0. The van der Waals surface area contributed by atoms with Gasteiger partial charge in [0.2, 0.25) is 0 Å². The molecule has 1 heterocycles. The van der Waals surface area contributed by atoms with E-state index < -0.39 is 0 Å². The smallest absolute Gasteiger partial charge is 0.332 e. The van der Waals surface area contributed by atoms with Gasteiger partial charge in [-0.25, -0.2) is 4.79 Å². The lowest BCUT2D eigenvalue weighted by molar-refractivity contribution is -0.137. The molecule has 100 valence electrons. The van der Waals surface area contributed by atoms with E-state index in [-0.39, 0.29) is 5.97 Å². The van der Waals surface area contributed by atoms with Crippen LogP contribution in [0, 0.1) is 0 Å². The molecule has 1 aromatic rings. The van der Waals surface area contributed by atoms with Crippen LogP contribution in [0.3, 0.4) is 0 Å². The molecule has 5 heteroatoms. The van der Waals surface area contributed by atoms with Gasteiger partial charge in [0, 0.05) is 24.5 Å². The second-order valence-corrected chi connectivity index (χ2v) is 4.11. The molecule has 1 N–H and O–H groups in total. The molecule has 0 bridgehead atoms. The first kappa shape index (κ1) is 14.3. The van der Waals surface area contributed by atoms with Crippen LogP contribution >= 0.6 is 0 Å². The predicted molar refractivity (Wildman–Crippen MR) is 71.1 cm³/mol. The van der Waals surface area contributed by atoms with E-state index in [1.165, 1.54) is 6.08 Å². The van der Waals surface area contributed by atoms with Crippen molar-refractivity contribution < 1.29 is 9.53 Å². The van der Waals surface area contributed by atoms with Crippen molar-refractivity contribution in [3.8, 4) is 0 Å². The summed E-state index contributed by atoms with van der Waals surface area (Å²) < 4.78 is 6.83. The predicted octanol–water partition coefficient (Wildman–Crippen LogP) is 2.56. The molecule has 0 aliphatic carbocycles. The molecule has 1 aromatic heterocycles. The Morgan fingerprint density at radius 1 is 1.50 bits per heavy atom. The van der Waals surface area contributed by atoms with E-state index in [9.17, 15) is 4.79 Å². The second-order valence-electron chi connectivity index (χ2n) is 4.11. The average Bonchev–Trinajstić information content (AvgIpc) is 2.74. The summed E-state index contributed by atoms with van der Waals surface area (Å²) in [5.41, 5.74) is 1.62. The summed E-state index contributed by atoms with van der Waals surface area (Å²) in [5.74, 6) is -0.317. The van der Waals surface area contributed by atoms with Crippen LogP contribution in [0.2, 0.25) is 0 Å². The van der Waals surface area contributed by atoms with E-state index in [0.717, 1.165) is 30.8 Å². The summed E-state index contributed by atoms with van der Waals surface area (Å²) in [4.78, 5) is 11.4. The van der Waals surface area contributed by atoms with Gasteiger partial charge in [-0.05, 0) is 19.8 Å². The highest BCUT2D eigenvalue weighted by atomic mass is 16.5. The molecule has 0 saturated heterocycles. The number of ether oxygens (including phenoxy) is 1. The van der Waals surface area contributed by atoms with Gasteiger partial charge in [-0.3, -0.25) is 4.68 Å². The van der Waals surface area contributed by atoms with Gasteiger partial charge in [0.05, 0.1) is 18.5 Å². The minimum absolute atomic E-state index is 0.317. The minimum atomic E-state index is -0.317. The Morgan fingerprint density at radius 2 is 2.28 bits per heavy atom. The molecule has 0 spiro atoms. The zero-order valence-electron chi connectivity index (χ0n) is 11.3.